The second kappa shape index (κ2) is 7.33. The SMILES string of the molecule is CC(C)CN(C)S(=O)(=O)c1ccc(CNC(C)C)cc1F. The van der Waals surface area contributed by atoms with Crippen molar-refractivity contribution in [1.29, 1.82) is 0 Å². The highest BCUT2D eigenvalue weighted by Crippen LogP contribution is 2.20. The topological polar surface area (TPSA) is 49.4 Å². The third kappa shape index (κ3) is 5.05. The normalized spacial score (nSPS) is 12.6. The van der Waals surface area contributed by atoms with Crippen molar-refractivity contribution < 1.29 is 12.8 Å². The van der Waals surface area contributed by atoms with Crippen LogP contribution in [0, 0.1) is 11.7 Å². The number of halogens is 1. The van der Waals surface area contributed by atoms with Crippen molar-refractivity contribution in [2.45, 2.75) is 45.2 Å². The van der Waals surface area contributed by atoms with Crippen LogP contribution in [0.25, 0.3) is 0 Å². The molecule has 0 fully saturated rings. The van der Waals surface area contributed by atoms with Gasteiger partial charge in [0.05, 0.1) is 0 Å². The number of rotatable bonds is 7. The molecule has 0 aliphatic heterocycles. The lowest BCUT2D eigenvalue weighted by Crippen LogP contribution is -2.31. The van der Waals surface area contributed by atoms with Gasteiger partial charge in [0.25, 0.3) is 0 Å². The molecule has 21 heavy (non-hydrogen) atoms. The van der Waals surface area contributed by atoms with Crippen LogP contribution >= 0.6 is 0 Å². The first-order valence-electron chi connectivity index (χ1n) is 7.12. The first-order valence-corrected chi connectivity index (χ1v) is 8.56. The number of hydrogen-bond donors (Lipinski definition) is 1. The lowest BCUT2D eigenvalue weighted by atomic mass is 10.2. The van der Waals surface area contributed by atoms with Crippen LogP contribution < -0.4 is 5.32 Å². The molecular formula is C15H25FN2O2S. The Kier molecular flexibility index (Phi) is 6.31. The summed E-state index contributed by atoms with van der Waals surface area (Å²) in [5, 5.41) is 3.17. The number of nitrogens with zero attached hydrogens (tertiary/aromatic N) is 1. The highest BCUT2D eigenvalue weighted by molar-refractivity contribution is 7.89. The van der Waals surface area contributed by atoms with Crippen LogP contribution in [-0.2, 0) is 16.6 Å². The molecule has 0 amide bonds. The third-order valence-corrected chi connectivity index (χ3v) is 4.88. The van der Waals surface area contributed by atoms with Crippen LogP contribution in [-0.4, -0.2) is 32.4 Å². The zero-order chi connectivity index (χ0) is 16.2. The van der Waals surface area contributed by atoms with Crippen LogP contribution in [0.15, 0.2) is 23.1 Å². The number of benzene rings is 1. The van der Waals surface area contributed by atoms with Gasteiger partial charge in [-0.3, -0.25) is 0 Å². The smallest absolute Gasteiger partial charge is 0.245 e. The minimum Gasteiger partial charge on any atom is -0.310 e. The van der Waals surface area contributed by atoms with Gasteiger partial charge < -0.3 is 5.32 Å². The molecule has 0 heterocycles. The first-order chi connectivity index (χ1) is 9.64. The van der Waals surface area contributed by atoms with Gasteiger partial charge in [-0.2, -0.15) is 0 Å². The van der Waals surface area contributed by atoms with E-state index < -0.39 is 15.8 Å². The zero-order valence-corrected chi connectivity index (χ0v) is 14.2. The molecule has 1 aromatic carbocycles. The predicted octanol–water partition coefficient (Wildman–Crippen LogP) is 2.60. The molecule has 120 valence electrons. The molecule has 0 bridgehead atoms. The van der Waals surface area contributed by atoms with Crippen LogP contribution in [0.3, 0.4) is 0 Å². The number of sulfonamides is 1. The minimum absolute atomic E-state index is 0.183. The van der Waals surface area contributed by atoms with Crippen molar-refractivity contribution in [2.75, 3.05) is 13.6 Å². The van der Waals surface area contributed by atoms with Crippen LogP contribution in [0.5, 0.6) is 0 Å². The molecule has 1 rings (SSSR count). The van der Waals surface area contributed by atoms with Gasteiger partial charge in [-0.15, -0.1) is 0 Å². The summed E-state index contributed by atoms with van der Waals surface area (Å²) in [6, 6.07) is 4.56. The van der Waals surface area contributed by atoms with Gasteiger partial charge in [0, 0.05) is 26.2 Å². The second-order valence-corrected chi connectivity index (χ2v) is 7.99. The van der Waals surface area contributed by atoms with Crippen molar-refractivity contribution in [3.05, 3.63) is 29.6 Å². The summed E-state index contributed by atoms with van der Waals surface area (Å²) in [6.07, 6.45) is 0. The maximum Gasteiger partial charge on any atom is 0.245 e. The average molecular weight is 316 g/mol. The van der Waals surface area contributed by atoms with Gasteiger partial charge in [-0.05, 0) is 23.6 Å². The fourth-order valence-electron chi connectivity index (χ4n) is 1.97. The van der Waals surface area contributed by atoms with Gasteiger partial charge in [0.1, 0.15) is 10.7 Å². The Balaban J connectivity index is 2.98. The lowest BCUT2D eigenvalue weighted by molar-refractivity contribution is 0.414. The van der Waals surface area contributed by atoms with Gasteiger partial charge >= 0.3 is 0 Å². The van der Waals surface area contributed by atoms with Crippen LogP contribution in [0.4, 0.5) is 4.39 Å². The fraction of sp³-hybridized carbons (Fsp3) is 0.600. The summed E-state index contributed by atoms with van der Waals surface area (Å²) in [4.78, 5) is -0.265. The third-order valence-electron chi connectivity index (χ3n) is 3.02. The summed E-state index contributed by atoms with van der Waals surface area (Å²) >= 11 is 0. The summed E-state index contributed by atoms with van der Waals surface area (Å²) < 4.78 is 40.0. The summed E-state index contributed by atoms with van der Waals surface area (Å²) in [6.45, 7) is 8.70. The lowest BCUT2D eigenvalue weighted by Gasteiger charge is -2.19. The molecular weight excluding hydrogens is 291 g/mol. The van der Waals surface area contributed by atoms with Crippen LogP contribution in [0.2, 0.25) is 0 Å². The molecule has 0 radical (unpaired) electrons. The van der Waals surface area contributed by atoms with E-state index in [2.05, 4.69) is 5.32 Å². The Morgan fingerprint density at radius 2 is 1.86 bits per heavy atom. The highest BCUT2D eigenvalue weighted by Gasteiger charge is 2.25. The van der Waals surface area contributed by atoms with E-state index in [1.54, 1.807) is 6.07 Å². The Bertz CT molecular complexity index is 571. The fourth-order valence-corrected chi connectivity index (χ4v) is 3.34. The molecule has 0 unspecified atom stereocenters. The van der Waals surface area contributed by atoms with Crippen molar-refractivity contribution in [3.63, 3.8) is 0 Å². The van der Waals surface area contributed by atoms with Gasteiger partial charge in [0.2, 0.25) is 10.0 Å². The monoisotopic (exact) mass is 316 g/mol. The molecule has 0 saturated heterocycles. The molecule has 4 nitrogen and oxygen atoms in total. The Labute approximate surface area is 127 Å². The van der Waals surface area contributed by atoms with Crippen molar-refractivity contribution >= 4 is 10.0 Å². The Morgan fingerprint density at radius 1 is 1.24 bits per heavy atom. The van der Waals surface area contributed by atoms with Crippen molar-refractivity contribution in [3.8, 4) is 0 Å². The molecule has 0 spiro atoms. The van der Waals surface area contributed by atoms with E-state index in [4.69, 9.17) is 0 Å². The molecule has 6 heteroatoms. The minimum atomic E-state index is -3.77. The van der Waals surface area contributed by atoms with Crippen molar-refractivity contribution in [2.24, 2.45) is 5.92 Å². The van der Waals surface area contributed by atoms with E-state index in [0.29, 0.717) is 13.1 Å². The van der Waals surface area contributed by atoms with Gasteiger partial charge in [-0.1, -0.05) is 33.8 Å². The van der Waals surface area contributed by atoms with Crippen LogP contribution in [0.1, 0.15) is 33.3 Å². The molecule has 0 saturated carbocycles. The largest absolute Gasteiger partial charge is 0.310 e. The molecule has 0 aliphatic rings. The predicted molar refractivity (Wildman–Crippen MR) is 83.0 cm³/mol. The highest BCUT2D eigenvalue weighted by atomic mass is 32.2. The zero-order valence-electron chi connectivity index (χ0n) is 13.4. The van der Waals surface area contributed by atoms with E-state index in [1.807, 2.05) is 27.7 Å². The van der Waals surface area contributed by atoms with E-state index in [1.165, 1.54) is 23.5 Å². The Morgan fingerprint density at radius 3 is 2.33 bits per heavy atom. The van der Waals surface area contributed by atoms with Gasteiger partial charge in [-0.25, -0.2) is 17.1 Å². The molecule has 0 atom stereocenters. The summed E-state index contributed by atoms with van der Waals surface area (Å²) in [5.41, 5.74) is 0.728. The maximum absolute atomic E-state index is 14.1. The van der Waals surface area contributed by atoms with E-state index >= 15 is 0 Å². The van der Waals surface area contributed by atoms with Crippen molar-refractivity contribution in [1.82, 2.24) is 9.62 Å². The molecule has 1 N–H and O–H groups in total. The summed E-state index contributed by atoms with van der Waals surface area (Å²) in [7, 11) is -2.30. The Hall–Kier alpha value is -0.980. The number of nitrogens with one attached hydrogen (secondary N) is 1. The number of hydrogen-bond acceptors (Lipinski definition) is 3. The second-order valence-electron chi connectivity index (χ2n) is 5.98. The van der Waals surface area contributed by atoms with E-state index in [9.17, 15) is 12.8 Å². The first kappa shape index (κ1) is 18.1. The summed E-state index contributed by atoms with van der Waals surface area (Å²) in [5.74, 6) is -0.518. The average Bonchev–Trinajstić information content (AvgIpc) is 2.35. The quantitative estimate of drug-likeness (QED) is 0.841. The molecule has 0 aromatic heterocycles. The molecule has 1 aromatic rings. The maximum atomic E-state index is 14.1. The molecule has 0 aliphatic carbocycles. The van der Waals surface area contributed by atoms with E-state index in [0.717, 1.165) is 5.56 Å². The standard InChI is InChI=1S/C15H25FN2O2S/c1-11(2)10-18(5)21(19,20)15-7-6-13(8-14(15)16)9-17-12(3)4/h6-8,11-12,17H,9-10H2,1-5H3. The van der Waals surface area contributed by atoms with E-state index in [-0.39, 0.29) is 16.9 Å². The van der Waals surface area contributed by atoms with Gasteiger partial charge in [0.15, 0.2) is 0 Å².